The first-order valence-electron chi connectivity index (χ1n) is 9.57. The molecule has 0 radical (unpaired) electrons. The number of carbonyl (C=O) groups excluding carboxylic acids is 1. The van der Waals surface area contributed by atoms with E-state index in [-0.39, 0.29) is 11.3 Å². The molecule has 0 bridgehead atoms. The van der Waals surface area contributed by atoms with Gasteiger partial charge in [0.05, 0.1) is 6.54 Å². The Bertz CT molecular complexity index is 799. The Labute approximate surface area is 171 Å². The molecule has 150 valence electrons. The van der Waals surface area contributed by atoms with Gasteiger partial charge >= 0.3 is 0 Å². The number of hydrogen-bond acceptors (Lipinski definition) is 4. The fourth-order valence-electron chi connectivity index (χ4n) is 3.15. The van der Waals surface area contributed by atoms with Crippen LogP contribution in [0.2, 0.25) is 0 Å². The van der Waals surface area contributed by atoms with Gasteiger partial charge in [-0.2, -0.15) is 0 Å². The lowest BCUT2D eigenvalue weighted by atomic mass is 9.91. The molecule has 6 nitrogen and oxygen atoms in total. The lowest BCUT2D eigenvalue weighted by Crippen LogP contribution is -2.47. The predicted octanol–water partition coefficient (Wildman–Crippen LogP) is 2.33. The predicted molar refractivity (Wildman–Crippen MR) is 117 cm³/mol. The number of benzene rings is 1. The minimum absolute atomic E-state index is 0.0498. The van der Waals surface area contributed by atoms with E-state index in [1.54, 1.807) is 18.4 Å². The molecule has 28 heavy (non-hydrogen) atoms. The number of piperazine rings is 1. The molecule has 0 spiro atoms. The zero-order chi connectivity index (χ0) is 20.0. The minimum atomic E-state index is 0.0498. The summed E-state index contributed by atoms with van der Waals surface area (Å²) in [5.74, 6) is 0.874. The monoisotopic (exact) mass is 399 g/mol. The molecular formula is C21H29N5OS. The van der Waals surface area contributed by atoms with Crippen molar-refractivity contribution in [3.63, 3.8) is 0 Å². The van der Waals surface area contributed by atoms with E-state index < -0.39 is 0 Å². The summed E-state index contributed by atoms with van der Waals surface area (Å²) in [5, 5.41) is 11.8. The molecule has 1 aromatic heterocycles. The van der Waals surface area contributed by atoms with Crippen molar-refractivity contribution in [2.75, 3.05) is 38.1 Å². The zero-order valence-electron chi connectivity index (χ0n) is 16.8. The molecule has 2 aromatic rings. The Morgan fingerprint density at radius 2 is 2.04 bits per heavy atom. The quantitative estimate of drug-likeness (QED) is 0.515. The summed E-state index contributed by atoms with van der Waals surface area (Å²) >= 11 is 1.78. The second kappa shape index (κ2) is 9.10. The molecular weight excluding hydrogens is 370 g/mol. The van der Waals surface area contributed by atoms with E-state index in [1.807, 2.05) is 0 Å². The van der Waals surface area contributed by atoms with Crippen molar-refractivity contribution in [1.29, 1.82) is 0 Å². The molecule has 3 N–H and O–H groups in total. The molecule has 1 aromatic carbocycles. The maximum atomic E-state index is 11.5. The van der Waals surface area contributed by atoms with Gasteiger partial charge in [0.1, 0.15) is 0 Å². The topological polar surface area (TPSA) is 68.8 Å². The van der Waals surface area contributed by atoms with Gasteiger partial charge in [0.25, 0.3) is 0 Å². The van der Waals surface area contributed by atoms with E-state index in [0.717, 1.165) is 24.7 Å². The standard InChI is InChI=1S/C21H29N5OS/c1-21(2,18-5-4-12-28-18)15-25-20(22-3)24-13-16-6-8-17(9-7-16)26-11-10-23-19(27)14-26/h4-9,12H,10-11,13-15H2,1-3H3,(H,23,27)(H2,22,24,25). The van der Waals surface area contributed by atoms with Gasteiger partial charge in [-0.1, -0.05) is 32.0 Å². The smallest absolute Gasteiger partial charge is 0.239 e. The summed E-state index contributed by atoms with van der Waals surface area (Å²) < 4.78 is 0. The molecule has 1 saturated heterocycles. The van der Waals surface area contributed by atoms with Gasteiger partial charge in [-0.05, 0) is 29.1 Å². The molecule has 1 amide bonds. The first-order valence-corrected chi connectivity index (χ1v) is 10.4. The van der Waals surface area contributed by atoms with Crippen molar-refractivity contribution in [2.24, 2.45) is 4.99 Å². The number of nitrogens with one attached hydrogen (secondary N) is 3. The lowest BCUT2D eigenvalue weighted by molar-refractivity contribution is -0.120. The Balaban J connectivity index is 1.50. The maximum absolute atomic E-state index is 11.5. The van der Waals surface area contributed by atoms with Crippen LogP contribution in [-0.2, 0) is 16.8 Å². The minimum Gasteiger partial charge on any atom is -0.360 e. The van der Waals surface area contributed by atoms with Crippen molar-refractivity contribution in [3.8, 4) is 0 Å². The number of guanidine groups is 1. The molecule has 7 heteroatoms. The Hall–Kier alpha value is -2.54. The van der Waals surface area contributed by atoms with E-state index >= 15 is 0 Å². The second-order valence-corrected chi connectivity index (χ2v) is 8.53. The van der Waals surface area contributed by atoms with Gasteiger partial charge in [0.15, 0.2) is 5.96 Å². The highest BCUT2D eigenvalue weighted by molar-refractivity contribution is 7.10. The van der Waals surface area contributed by atoms with Gasteiger partial charge in [0.2, 0.25) is 5.91 Å². The summed E-state index contributed by atoms with van der Waals surface area (Å²) in [7, 11) is 1.79. The second-order valence-electron chi connectivity index (χ2n) is 7.58. The molecule has 2 heterocycles. The van der Waals surface area contributed by atoms with Crippen LogP contribution < -0.4 is 20.9 Å². The number of anilines is 1. The third kappa shape index (κ3) is 5.25. The lowest BCUT2D eigenvalue weighted by Gasteiger charge is -2.28. The molecule has 0 saturated carbocycles. The van der Waals surface area contributed by atoms with E-state index in [9.17, 15) is 4.79 Å². The highest BCUT2D eigenvalue weighted by atomic mass is 32.1. The van der Waals surface area contributed by atoms with Crippen LogP contribution in [0.4, 0.5) is 5.69 Å². The third-order valence-corrected chi connectivity index (χ3v) is 6.15. The highest BCUT2D eigenvalue weighted by Gasteiger charge is 2.22. The zero-order valence-corrected chi connectivity index (χ0v) is 17.6. The molecule has 0 aliphatic carbocycles. The van der Waals surface area contributed by atoms with Gasteiger partial charge in [-0.15, -0.1) is 11.3 Å². The van der Waals surface area contributed by atoms with Crippen LogP contribution in [0.1, 0.15) is 24.3 Å². The van der Waals surface area contributed by atoms with Crippen molar-refractivity contribution in [2.45, 2.75) is 25.8 Å². The Morgan fingerprint density at radius 3 is 2.68 bits per heavy atom. The van der Waals surface area contributed by atoms with Crippen molar-refractivity contribution < 1.29 is 4.79 Å². The van der Waals surface area contributed by atoms with Crippen molar-refractivity contribution in [3.05, 3.63) is 52.2 Å². The Morgan fingerprint density at radius 1 is 1.25 bits per heavy atom. The van der Waals surface area contributed by atoms with Crippen LogP contribution in [0.3, 0.4) is 0 Å². The fraction of sp³-hybridized carbons (Fsp3) is 0.429. The maximum Gasteiger partial charge on any atom is 0.239 e. The van der Waals surface area contributed by atoms with Gasteiger partial charge in [0, 0.05) is 49.2 Å². The van der Waals surface area contributed by atoms with Crippen molar-refractivity contribution in [1.82, 2.24) is 16.0 Å². The summed E-state index contributed by atoms with van der Waals surface area (Å²) in [6.45, 7) is 7.94. The first kappa shape index (κ1) is 20.2. The SMILES string of the molecule is CN=C(NCc1ccc(N2CCNC(=O)C2)cc1)NCC(C)(C)c1cccs1. The Kier molecular flexibility index (Phi) is 6.57. The van der Waals surface area contributed by atoms with Gasteiger partial charge in [-0.25, -0.2) is 0 Å². The summed E-state index contributed by atoms with van der Waals surface area (Å²) in [6.07, 6.45) is 0. The normalized spacial score (nSPS) is 15.3. The van der Waals surface area contributed by atoms with E-state index in [2.05, 4.69) is 81.5 Å². The van der Waals surface area contributed by atoms with E-state index in [0.29, 0.717) is 19.6 Å². The molecule has 3 rings (SSSR count). The average molecular weight is 400 g/mol. The van der Waals surface area contributed by atoms with Gasteiger partial charge < -0.3 is 20.9 Å². The summed E-state index contributed by atoms with van der Waals surface area (Å²) in [4.78, 5) is 19.3. The van der Waals surface area contributed by atoms with Crippen LogP contribution in [0, 0.1) is 0 Å². The number of amides is 1. The highest BCUT2D eigenvalue weighted by Crippen LogP contribution is 2.26. The van der Waals surface area contributed by atoms with Crippen LogP contribution in [0.5, 0.6) is 0 Å². The number of carbonyl (C=O) groups is 1. The van der Waals surface area contributed by atoms with E-state index in [4.69, 9.17) is 0 Å². The first-order chi connectivity index (χ1) is 13.5. The fourth-order valence-corrected chi connectivity index (χ4v) is 4.00. The molecule has 1 fully saturated rings. The molecule has 0 atom stereocenters. The van der Waals surface area contributed by atoms with Crippen LogP contribution in [0.15, 0.2) is 46.8 Å². The summed E-state index contributed by atoms with van der Waals surface area (Å²) in [6, 6.07) is 12.6. The molecule has 1 aliphatic heterocycles. The van der Waals surface area contributed by atoms with Gasteiger partial charge in [-0.3, -0.25) is 9.79 Å². The average Bonchev–Trinajstić information content (AvgIpc) is 3.24. The van der Waals surface area contributed by atoms with Crippen molar-refractivity contribution >= 4 is 28.9 Å². The number of hydrogen-bond donors (Lipinski definition) is 3. The largest absolute Gasteiger partial charge is 0.360 e. The molecule has 1 aliphatic rings. The number of aliphatic imine (C=N–C) groups is 1. The molecule has 0 unspecified atom stereocenters. The van der Waals surface area contributed by atoms with Crippen LogP contribution in [-0.4, -0.2) is 45.1 Å². The number of nitrogens with zero attached hydrogens (tertiary/aromatic N) is 2. The number of rotatable bonds is 6. The van der Waals surface area contributed by atoms with E-state index in [1.165, 1.54) is 10.4 Å². The summed E-state index contributed by atoms with van der Waals surface area (Å²) in [5.41, 5.74) is 2.30. The van der Waals surface area contributed by atoms with Crippen LogP contribution >= 0.6 is 11.3 Å². The number of thiophene rings is 1. The van der Waals surface area contributed by atoms with Crippen LogP contribution in [0.25, 0.3) is 0 Å². The third-order valence-electron chi connectivity index (χ3n) is 4.91.